The first-order valence-corrected chi connectivity index (χ1v) is 9.82. The van der Waals surface area contributed by atoms with Gasteiger partial charge in [-0.3, -0.25) is 4.79 Å². The van der Waals surface area contributed by atoms with Gasteiger partial charge in [-0.2, -0.15) is 0 Å². The van der Waals surface area contributed by atoms with E-state index in [9.17, 15) is 13.2 Å². The van der Waals surface area contributed by atoms with Crippen molar-refractivity contribution < 1.29 is 22.7 Å². The maximum absolute atomic E-state index is 12.4. The maximum atomic E-state index is 12.4. The van der Waals surface area contributed by atoms with Gasteiger partial charge in [-0.15, -0.1) is 0 Å². The van der Waals surface area contributed by atoms with Gasteiger partial charge in [0.15, 0.2) is 21.3 Å². The molecular formula is C16H22N2O5S. The standard InChI is InChI=1S/C16H22N2O5S/c19-16(18-12-2-1-6-17-11-12)5-9-24(20,21)13-3-4-14-15(10-13)23-8-7-22-14/h3-4,10,12,17H,1-2,5-9,11H2,(H,18,19)/t12-/m0/s1. The van der Waals surface area contributed by atoms with Crippen LogP contribution in [0.15, 0.2) is 23.1 Å². The van der Waals surface area contributed by atoms with Crippen LogP contribution in [0.1, 0.15) is 19.3 Å². The molecule has 0 unspecified atom stereocenters. The van der Waals surface area contributed by atoms with Crippen LogP contribution < -0.4 is 20.1 Å². The Labute approximate surface area is 141 Å². The van der Waals surface area contributed by atoms with E-state index in [0.29, 0.717) is 24.7 Å². The Kier molecular flexibility index (Phi) is 5.25. The summed E-state index contributed by atoms with van der Waals surface area (Å²) in [6.07, 6.45) is 1.89. The predicted octanol–water partition coefficient (Wildman–Crippen LogP) is 0.490. The fourth-order valence-corrected chi connectivity index (χ4v) is 4.09. The van der Waals surface area contributed by atoms with Crippen LogP contribution in [-0.4, -0.2) is 52.4 Å². The molecule has 0 saturated carbocycles. The lowest BCUT2D eigenvalue weighted by molar-refractivity contribution is -0.121. The summed E-state index contributed by atoms with van der Waals surface area (Å²) in [7, 11) is -3.54. The summed E-state index contributed by atoms with van der Waals surface area (Å²) in [5.41, 5.74) is 0. The van der Waals surface area contributed by atoms with Crippen LogP contribution in [-0.2, 0) is 14.6 Å². The smallest absolute Gasteiger partial charge is 0.221 e. The van der Waals surface area contributed by atoms with Gasteiger partial charge < -0.3 is 20.1 Å². The molecule has 8 heteroatoms. The molecule has 0 spiro atoms. The van der Waals surface area contributed by atoms with Crippen molar-refractivity contribution in [1.82, 2.24) is 10.6 Å². The number of carbonyl (C=O) groups is 1. The van der Waals surface area contributed by atoms with Crippen molar-refractivity contribution in [2.75, 3.05) is 32.1 Å². The second-order valence-corrected chi connectivity index (χ2v) is 8.09. The molecule has 3 rings (SSSR count). The Morgan fingerprint density at radius 1 is 1.25 bits per heavy atom. The fraction of sp³-hybridized carbons (Fsp3) is 0.562. The van der Waals surface area contributed by atoms with Crippen molar-refractivity contribution in [3.63, 3.8) is 0 Å². The molecule has 0 bridgehead atoms. The summed E-state index contributed by atoms with van der Waals surface area (Å²) in [4.78, 5) is 12.1. The number of benzene rings is 1. The molecular weight excluding hydrogens is 332 g/mol. The summed E-state index contributed by atoms with van der Waals surface area (Å²) < 4.78 is 35.6. The van der Waals surface area contributed by atoms with Gasteiger partial charge in [0.1, 0.15) is 13.2 Å². The van der Waals surface area contributed by atoms with Crippen molar-refractivity contribution in [2.45, 2.75) is 30.2 Å². The molecule has 24 heavy (non-hydrogen) atoms. The third-order valence-corrected chi connectivity index (χ3v) is 5.85. The van der Waals surface area contributed by atoms with Crippen molar-refractivity contribution in [3.8, 4) is 11.5 Å². The summed E-state index contributed by atoms with van der Waals surface area (Å²) in [6.45, 7) is 2.55. The number of piperidine rings is 1. The number of hydrogen-bond acceptors (Lipinski definition) is 6. The largest absolute Gasteiger partial charge is 0.486 e. The molecule has 0 radical (unpaired) electrons. The normalized spacial score (nSPS) is 20.4. The lowest BCUT2D eigenvalue weighted by Gasteiger charge is -2.23. The highest BCUT2D eigenvalue weighted by Gasteiger charge is 2.22. The van der Waals surface area contributed by atoms with E-state index < -0.39 is 9.84 Å². The van der Waals surface area contributed by atoms with Crippen LogP contribution >= 0.6 is 0 Å². The van der Waals surface area contributed by atoms with Gasteiger partial charge in [0.2, 0.25) is 5.91 Å². The van der Waals surface area contributed by atoms with Crippen LogP contribution in [0.5, 0.6) is 11.5 Å². The second kappa shape index (κ2) is 7.40. The highest BCUT2D eigenvalue weighted by molar-refractivity contribution is 7.91. The van der Waals surface area contributed by atoms with Gasteiger partial charge in [0.05, 0.1) is 10.6 Å². The van der Waals surface area contributed by atoms with E-state index in [4.69, 9.17) is 9.47 Å². The minimum atomic E-state index is -3.54. The molecule has 132 valence electrons. The van der Waals surface area contributed by atoms with Gasteiger partial charge >= 0.3 is 0 Å². The summed E-state index contributed by atoms with van der Waals surface area (Å²) >= 11 is 0. The highest BCUT2D eigenvalue weighted by atomic mass is 32.2. The summed E-state index contributed by atoms with van der Waals surface area (Å²) in [5, 5.41) is 6.09. The van der Waals surface area contributed by atoms with Crippen molar-refractivity contribution >= 4 is 15.7 Å². The Bertz CT molecular complexity index is 698. The summed E-state index contributed by atoms with van der Waals surface area (Å²) in [6, 6.07) is 4.64. The SMILES string of the molecule is O=C(CCS(=O)(=O)c1ccc2c(c1)OCCO2)N[C@H]1CCCNC1. The molecule has 1 saturated heterocycles. The zero-order valence-electron chi connectivity index (χ0n) is 13.4. The van der Waals surface area contributed by atoms with Crippen LogP contribution in [0.2, 0.25) is 0 Å². The van der Waals surface area contributed by atoms with Gasteiger partial charge in [-0.25, -0.2) is 8.42 Å². The van der Waals surface area contributed by atoms with Crippen molar-refractivity contribution in [2.24, 2.45) is 0 Å². The lowest BCUT2D eigenvalue weighted by Crippen LogP contribution is -2.45. The van der Waals surface area contributed by atoms with Crippen molar-refractivity contribution in [1.29, 1.82) is 0 Å². The van der Waals surface area contributed by atoms with Crippen molar-refractivity contribution in [3.05, 3.63) is 18.2 Å². The number of amides is 1. The van der Waals surface area contributed by atoms with Crippen LogP contribution in [0, 0.1) is 0 Å². The van der Waals surface area contributed by atoms with Gasteiger partial charge in [0, 0.05) is 25.1 Å². The number of ether oxygens (including phenoxy) is 2. The molecule has 2 aliphatic rings. The Hall–Kier alpha value is -1.80. The molecule has 1 amide bonds. The average molecular weight is 354 g/mol. The van der Waals surface area contributed by atoms with Crippen LogP contribution in [0.4, 0.5) is 0 Å². The fourth-order valence-electron chi connectivity index (χ4n) is 2.84. The topological polar surface area (TPSA) is 93.7 Å². The van der Waals surface area contributed by atoms with Gasteiger partial charge in [-0.1, -0.05) is 0 Å². The number of nitrogens with one attached hydrogen (secondary N) is 2. The van der Waals surface area contributed by atoms with E-state index in [1.165, 1.54) is 12.1 Å². The Morgan fingerprint density at radius 3 is 2.79 bits per heavy atom. The number of rotatable bonds is 5. The number of sulfone groups is 1. The molecule has 2 heterocycles. The molecule has 1 fully saturated rings. The monoisotopic (exact) mass is 354 g/mol. The minimum Gasteiger partial charge on any atom is -0.486 e. The van der Waals surface area contributed by atoms with E-state index in [1.807, 2.05) is 0 Å². The predicted molar refractivity (Wildman–Crippen MR) is 88.1 cm³/mol. The molecule has 1 aromatic carbocycles. The Balaban J connectivity index is 1.58. The van der Waals surface area contributed by atoms with E-state index in [2.05, 4.69) is 10.6 Å². The van der Waals surface area contributed by atoms with Crippen LogP contribution in [0.25, 0.3) is 0 Å². The Morgan fingerprint density at radius 2 is 2.04 bits per heavy atom. The molecule has 0 aliphatic carbocycles. The first kappa shape index (κ1) is 17.0. The number of carbonyl (C=O) groups excluding carboxylic acids is 1. The molecule has 2 aliphatic heterocycles. The highest BCUT2D eigenvalue weighted by Crippen LogP contribution is 2.32. The van der Waals surface area contributed by atoms with E-state index in [-0.39, 0.29) is 29.0 Å². The first-order valence-electron chi connectivity index (χ1n) is 8.17. The molecule has 7 nitrogen and oxygen atoms in total. The third kappa shape index (κ3) is 4.18. The minimum absolute atomic E-state index is 0.0483. The van der Waals surface area contributed by atoms with E-state index in [0.717, 1.165) is 25.9 Å². The zero-order valence-corrected chi connectivity index (χ0v) is 14.2. The maximum Gasteiger partial charge on any atom is 0.221 e. The lowest BCUT2D eigenvalue weighted by atomic mass is 10.1. The molecule has 1 aromatic rings. The molecule has 2 N–H and O–H groups in total. The molecule has 1 atom stereocenters. The summed E-state index contributed by atoms with van der Waals surface area (Å²) in [5.74, 6) is 0.520. The van der Waals surface area contributed by atoms with E-state index >= 15 is 0 Å². The quantitative estimate of drug-likeness (QED) is 0.799. The third-order valence-electron chi connectivity index (χ3n) is 4.13. The number of hydrogen-bond donors (Lipinski definition) is 2. The van der Waals surface area contributed by atoms with Gasteiger partial charge in [-0.05, 0) is 31.5 Å². The zero-order chi connectivity index (χ0) is 17.0. The van der Waals surface area contributed by atoms with Gasteiger partial charge in [0.25, 0.3) is 0 Å². The average Bonchev–Trinajstić information content (AvgIpc) is 2.60. The number of fused-ring (bicyclic) bond motifs is 1. The first-order chi connectivity index (χ1) is 11.5. The molecule has 0 aromatic heterocycles. The van der Waals surface area contributed by atoms with E-state index in [1.54, 1.807) is 6.07 Å². The second-order valence-electron chi connectivity index (χ2n) is 5.99. The van der Waals surface area contributed by atoms with Crippen LogP contribution in [0.3, 0.4) is 0 Å².